The van der Waals surface area contributed by atoms with Crippen LogP contribution in [-0.4, -0.2) is 35.7 Å². The summed E-state index contributed by atoms with van der Waals surface area (Å²) in [5, 5.41) is 2.02. The van der Waals surface area contributed by atoms with Gasteiger partial charge in [-0.25, -0.2) is 0 Å². The van der Waals surface area contributed by atoms with Gasteiger partial charge in [-0.15, -0.1) is 11.3 Å². The number of likely N-dealkylation sites (tertiary alicyclic amines) is 1. The van der Waals surface area contributed by atoms with Crippen molar-refractivity contribution in [1.29, 1.82) is 0 Å². The SMILES string of the molecule is CN(Cc1cccs1)C(=O)[C@@H]1CCC(=O)N(C)[C@H]1c1ccccc1. The van der Waals surface area contributed by atoms with Crippen LogP contribution in [0.25, 0.3) is 0 Å². The zero-order valence-corrected chi connectivity index (χ0v) is 14.8. The summed E-state index contributed by atoms with van der Waals surface area (Å²) < 4.78 is 0. The van der Waals surface area contributed by atoms with Gasteiger partial charge in [0.05, 0.1) is 18.5 Å². The van der Waals surface area contributed by atoms with Crippen LogP contribution in [0.5, 0.6) is 0 Å². The third-order valence-electron chi connectivity index (χ3n) is 4.67. The Morgan fingerprint density at radius 1 is 1.25 bits per heavy atom. The average Bonchev–Trinajstić information content (AvgIpc) is 3.10. The van der Waals surface area contributed by atoms with E-state index in [4.69, 9.17) is 0 Å². The Bertz CT molecular complexity index is 699. The molecule has 0 aliphatic carbocycles. The van der Waals surface area contributed by atoms with Gasteiger partial charge in [-0.3, -0.25) is 9.59 Å². The van der Waals surface area contributed by atoms with Gasteiger partial charge in [0.25, 0.3) is 0 Å². The van der Waals surface area contributed by atoms with Crippen molar-refractivity contribution in [2.24, 2.45) is 5.92 Å². The van der Waals surface area contributed by atoms with Crippen LogP contribution in [0.3, 0.4) is 0 Å². The highest BCUT2D eigenvalue weighted by molar-refractivity contribution is 7.09. The Labute approximate surface area is 146 Å². The molecule has 1 fully saturated rings. The molecule has 0 bridgehead atoms. The van der Waals surface area contributed by atoms with E-state index in [0.717, 1.165) is 5.56 Å². The first-order chi connectivity index (χ1) is 11.6. The Hall–Kier alpha value is -2.14. The average molecular weight is 342 g/mol. The molecule has 1 aromatic carbocycles. The number of amides is 2. The van der Waals surface area contributed by atoms with E-state index >= 15 is 0 Å². The first-order valence-electron chi connectivity index (χ1n) is 8.16. The van der Waals surface area contributed by atoms with Gasteiger partial charge in [-0.2, -0.15) is 0 Å². The minimum atomic E-state index is -0.194. The van der Waals surface area contributed by atoms with Crippen molar-refractivity contribution < 1.29 is 9.59 Å². The molecule has 1 aliphatic rings. The molecule has 1 saturated heterocycles. The Balaban J connectivity index is 1.83. The molecule has 4 nitrogen and oxygen atoms in total. The van der Waals surface area contributed by atoms with Crippen LogP contribution in [-0.2, 0) is 16.1 Å². The minimum absolute atomic E-state index is 0.105. The fourth-order valence-corrected chi connectivity index (χ4v) is 4.16. The molecule has 0 saturated carbocycles. The maximum Gasteiger partial charge on any atom is 0.228 e. The molecule has 0 unspecified atom stereocenters. The quantitative estimate of drug-likeness (QED) is 0.855. The number of carbonyl (C=O) groups excluding carboxylic acids is 2. The molecule has 0 spiro atoms. The second-order valence-electron chi connectivity index (χ2n) is 6.28. The largest absolute Gasteiger partial charge is 0.340 e. The first kappa shape index (κ1) is 16.7. The standard InChI is InChI=1S/C19H22N2O2S/c1-20(13-15-9-6-12-24-15)19(23)16-10-11-17(22)21(2)18(16)14-7-4-3-5-8-14/h3-9,12,16,18H,10-11,13H2,1-2H3/t16-,18+/m1/s1. The third-order valence-corrected chi connectivity index (χ3v) is 5.53. The Kier molecular flexibility index (Phi) is 5.00. The molecule has 1 aromatic heterocycles. The number of rotatable bonds is 4. The van der Waals surface area contributed by atoms with Crippen molar-refractivity contribution in [3.8, 4) is 0 Å². The highest BCUT2D eigenvalue weighted by atomic mass is 32.1. The predicted octanol–water partition coefficient (Wildman–Crippen LogP) is 3.32. The molecule has 2 aromatic rings. The molecule has 2 atom stereocenters. The van der Waals surface area contributed by atoms with Crippen molar-refractivity contribution in [3.05, 3.63) is 58.3 Å². The number of benzene rings is 1. The molecule has 3 rings (SSSR count). The normalized spacial score (nSPS) is 20.9. The monoisotopic (exact) mass is 342 g/mol. The maximum absolute atomic E-state index is 13.1. The molecular formula is C19H22N2O2S. The molecule has 2 heterocycles. The molecule has 0 radical (unpaired) electrons. The lowest BCUT2D eigenvalue weighted by Gasteiger charge is -2.40. The molecule has 2 amide bonds. The van der Waals surface area contributed by atoms with Crippen LogP contribution < -0.4 is 0 Å². The van der Waals surface area contributed by atoms with Crippen LogP contribution in [0, 0.1) is 5.92 Å². The lowest BCUT2D eigenvalue weighted by molar-refractivity contribution is -0.146. The van der Waals surface area contributed by atoms with E-state index in [1.54, 1.807) is 28.2 Å². The lowest BCUT2D eigenvalue weighted by atomic mass is 9.83. The van der Waals surface area contributed by atoms with Crippen molar-refractivity contribution in [2.75, 3.05) is 14.1 Å². The summed E-state index contributed by atoms with van der Waals surface area (Å²) in [6.45, 7) is 0.617. The summed E-state index contributed by atoms with van der Waals surface area (Å²) in [6, 6.07) is 13.7. The van der Waals surface area contributed by atoms with E-state index in [9.17, 15) is 9.59 Å². The number of thiophene rings is 1. The van der Waals surface area contributed by atoms with Crippen LogP contribution in [0.2, 0.25) is 0 Å². The predicted molar refractivity (Wildman–Crippen MR) is 95.5 cm³/mol. The minimum Gasteiger partial charge on any atom is -0.340 e. The molecule has 5 heteroatoms. The van der Waals surface area contributed by atoms with Gasteiger partial charge in [-0.05, 0) is 23.4 Å². The first-order valence-corrected chi connectivity index (χ1v) is 9.04. The van der Waals surface area contributed by atoms with Gasteiger partial charge < -0.3 is 9.80 Å². The van der Waals surface area contributed by atoms with E-state index in [1.807, 2.05) is 54.9 Å². The van der Waals surface area contributed by atoms with Crippen molar-refractivity contribution in [1.82, 2.24) is 9.80 Å². The van der Waals surface area contributed by atoms with E-state index in [2.05, 4.69) is 0 Å². The highest BCUT2D eigenvalue weighted by Crippen LogP contribution is 2.36. The summed E-state index contributed by atoms with van der Waals surface area (Å²) in [4.78, 5) is 29.9. The number of carbonyl (C=O) groups is 2. The van der Waals surface area contributed by atoms with E-state index < -0.39 is 0 Å². The summed E-state index contributed by atoms with van der Waals surface area (Å²) >= 11 is 1.66. The van der Waals surface area contributed by atoms with Crippen LogP contribution >= 0.6 is 11.3 Å². The topological polar surface area (TPSA) is 40.6 Å². The molecule has 0 N–H and O–H groups in total. The summed E-state index contributed by atoms with van der Waals surface area (Å²) in [5.41, 5.74) is 1.02. The van der Waals surface area contributed by atoms with E-state index in [0.29, 0.717) is 19.4 Å². The van der Waals surface area contributed by atoms with Crippen LogP contribution in [0.4, 0.5) is 0 Å². The molecule has 1 aliphatic heterocycles. The fourth-order valence-electron chi connectivity index (χ4n) is 3.40. The Morgan fingerprint density at radius 2 is 2.00 bits per heavy atom. The second kappa shape index (κ2) is 7.18. The van der Waals surface area contributed by atoms with Crippen molar-refractivity contribution in [3.63, 3.8) is 0 Å². The smallest absolute Gasteiger partial charge is 0.228 e. The molecule has 126 valence electrons. The third kappa shape index (κ3) is 3.36. The maximum atomic E-state index is 13.1. The summed E-state index contributed by atoms with van der Waals surface area (Å²) in [7, 11) is 3.65. The van der Waals surface area contributed by atoms with E-state index in [1.165, 1.54) is 4.88 Å². The second-order valence-corrected chi connectivity index (χ2v) is 7.31. The van der Waals surface area contributed by atoms with Gasteiger partial charge >= 0.3 is 0 Å². The van der Waals surface area contributed by atoms with Gasteiger partial charge in [0.1, 0.15) is 0 Å². The fraction of sp³-hybridized carbons (Fsp3) is 0.368. The lowest BCUT2D eigenvalue weighted by Crippen LogP contribution is -2.46. The molecular weight excluding hydrogens is 320 g/mol. The van der Waals surface area contributed by atoms with Crippen LogP contribution in [0.1, 0.15) is 29.3 Å². The highest BCUT2D eigenvalue weighted by Gasteiger charge is 2.39. The van der Waals surface area contributed by atoms with Crippen LogP contribution in [0.15, 0.2) is 47.8 Å². The number of hydrogen-bond donors (Lipinski definition) is 0. The summed E-state index contributed by atoms with van der Waals surface area (Å²) in [5.74, 6) is 0.0190. The van der Waals surface area contributed by atoms with Gasteiger partial charge in [0.2, 0.25) is 11.8 Å². The summed E-state index contributed by atoms with van der Waals surface area (Å²) in [6.07, 6.45) is 1.04. The zero-order valence-electron chi connectivity index (χ0n) is 14.0. The van der Waals surface area contributed by atoms with Crippen molar-refractivity contribution >= 4 is 23.2 Å². The number of piperidine rings is 1. The molecule has 24 heavy (non-hydrogen) atoms. The van der Waals surface area contributed by atoms with E-state index in [-0.39, 0.29) is 23.8 Å². The van der Waals surface area contributed by atoms with Crippen molar-refractivity contribution in [2.45, 2.75) is 25.4 Å². The number of nitrogens with zero attached hydrogens (tertiary/aromatic N) is 2. The number of hydrogen-bond acceptors (Lipinski definition) is 3. The van der Waals surface area contributed by atoms with Gasteiger partial charge in [-0.1, -0.05) is 36.4 Å². The zero-order chi connectivity index (χ0) is 17.1. The Morgan fingerprint density at radius 3 is 2.67 bits per heavy atom. The van der Waals surface area contributed by atoms with Gasteiger partial charge in [0.15, 0.2) is 0 Å². The van der Waals surface area contributed by atoms with Gasteiger partial charge in [0, 0.05) is 25.4 Å².